The highest BCUT2D eigenvalue weighted by Crippen LogP contribution is 2.23. The highest BCUT2D eigenvalue weighted by Gasteiger charge is 2.14. The molecule has 0 aliphatic carbocycles. The van der Waals surface area contributed by atoms with Crippen molar-refractivity contribution in [3.8, 4) is 0 Å². The third kappa shape index (κ3) is 7.26. The molecule has 0 saturated heterocycles. The van der Waals surface area contributed by atoms with E-state index in [1.807, 2.05) is 42.5 Å². The van der Waals surface area contributed by atoms with Crippen LogP contribution in [0.2, 0.25) is 0 Å². The average Bonchev–Trinajstić information content (AvgIpc) is 2.69. The molecule has 2 aromatic carbocycles. The summed E-state index contributed by atoms with van der Waals surface area (Å²) in [6.45, 7) is 2.84. The Labute approximate surface area is 158 Å². The predicted octanol–water partition coefficient (Wildman–Crippen LogP) is 5.85. The second-order valence-corrected chi connectivity index (χ2v) is 6.70. The van der Waals surface area contributed by atoms with Gasteiger partial charge in [-0.25, -0.2) is 0 Å². The van der Waals surface area contributed by atoms with Crippen LogP contribution in [0.4, 0.5) is 0 Å². The van der Waals surface area contributed by atoms with Crippen LogP contribution in [0.15, 0.2) is 72.8 Å². The largest absolute Gasteiger partial charge is 0.355 e. The summed E-state index contributed by atoms with van der Waals surface area (Å²) in [6.07, 6.45) is 10.7. The van der Waals surface area contributed by atoms with Crippen LogP contribution < -0.4 is 5.32 Å². The maximum absolute atomic E-state index is 12.2. The molecule has 1 amide bonds. The molecular formula is C24H31NO. The van der Waals surface area contributed by atoms with E-state index in [2.05, 4.69) is 42.6 Å². The quantitative estimate of drug-likeness (QED) is 0.400. The van der Waals surface area contributed by atoms with Crippen molar-refractivity contribution in [2.45, 2.75) is 51.4 Å². The van der Waals surface area contributed by atoms with Gasteiger partial charge in [-0.2, -0.15) is 0 Å². The van der Waals surface area contributed by atoms with Gasteiger partial charge in [0.05, 0.1) is 0 Å². The number of hydrogen-bond donors (Lipinski definition) is 1. The molecule has 2 rings (SSSR count). The van der Waals surface area contributed by atoms with Crippen molar-refractivity contribution in [1.29, 1.82) is 0 Å². The van der Waals surface area contributed by atoms with E-state index >= 15 is 0 Å². The van der Waals surface area contributed by atoms with Gasteiger partial charge in [-0.05, 0) is 24.0 Å². The molecule has 0 unspecified atom stereocenters. The van der Waals surface area contributed by atoms with Crippen molar-refractivity contribution in [2.75, 3.05) is 6.54 Å². The van der Waals surface area contributed by atoms with Crippen LogP contribution in [0.1, 0.15) is 62.5 Å². The van der Waals surface area contributed by atoms with E-state index in [0.717, 1.165) is 6.42 Å². The minimum absolute atomic E-state index is 0.0895. The summed E-state index contributed by atoms with van der Waals surface area (Å²) >= 11 is 0. The zero-order valence-electron chi connectivity index (χ0n) is 15.9. The fourth-order valence-corrected chi connectivity index (χ4v) is 3.08. The molecule has 1 N–H and O–H groups in total. The molecule has 0 aliphatic rings. The van der Waals surface area contributed by atoms with E-state index in [0.29, 0.717) is 13.0 Å². The third-order valence-electron chi connectivity index (χ3n) is 4.60. The molecule has 0 fully saturated rings. The number of carbonyl (C=O) groups excluding carboxylic acids is 1. The van der Waals surface area contributed by atoms with Crippen LogP contribution in [-0.4, -0.2) is 12.5 Å². The van der Waals surface area contributed by atoms with Crippen LogP contribution in [0.25, 0.3) is 0 Å². The van der Waals surface area contributed by atoms with Crippen molar-refractivity contribution in [1.82, 2.24) is 5.32 Å². The lowest BCUT2D eigenvalue weighted by atomic mass is 9.91. The Kier molecular flexibility index (Phi) is 9.27. The number of allylic oxidation sites excluding steroid dienone is 1. The molecule has 0 spiro atoms. The van der Waals surface area contributed by atoms with Gasteiger partial charge >= 0.3 is 0 Å². The Morgan fingerprint density at radius 1 is 0.885 bits per heavy atom. The summed E-state index contributed by atoms with van der Waals surface area (Å²) in [6, 6.07) is 20.7. The average molecular weight is 350 g/mol. The molecule has 2 nitrogen and oxygen atoms in total. The smallest absolute Gasteiger partial charge is 0.223 e. The Hall–Kier alpha value is -2.35. The van der Waals surface area contributed by atoms with Gasteiger partial charge < -0.3 is 5.32 Å². The minimum atomic E-state index is 0.0895. The van der Waals surface area contributed by atoms with Crippen molar-refractivity contribution in [3.05, 3.63) is 83.9 Å². The first kappa shape index (κ1) is 20.0. The summed E-state index contributed by atoms with van der Waals surface area (Å²) in [5.41, 5.74) is 2.45. The Bertz CT molecular complexity index is 609. The van der Waals surface area contributed by atoms with Gasteiger partial charge in [0.2, 0.25) is 5.91 Å². The third-order valence-corrected chi connectivity index (χ3v) is 4.60. The van der Waals surface area contributed by atoms with Gasteiger partial charge in [0, 0.05) is 18.9 Å². The standard InChI is InChI=1S/C24H31NO/c1-2-3-4-5-6-7-14-19-24(26)25-20-23(21-15-10-8-11-16-21)22-17-12-9-13-18-22/h7-18,23H,2-6,19-20H2,1H3,(H,25,26)/b14-7+. The lowest BCUT2D eigenvalue weighted by Gasteiger charge is -2.18. The van der Waals surface area contributed by atoms with Crippen LogP contribution in [0.3, 0.4) is 0 Å². The number of amides is 1. The molecule has 0 bridgehead atoms. The van der Waals surface area contributed by atoms with Crippen LogP contribution >= 0.6 is 0 Å². The number of rotatable bonds is 11. The van der Waals surface area contributed by atoms with Crippen LogP contribution in [0, 0.1) is 0 Å². The number of carbonyl (C=O) groups is 1. The predicted molar refractivity (Wildman–Crippen MR) is 110 cm³/mol. The molecule has 2 heteroatoms. The second-order valence-electron chi connectivity index (χ2n) is 6.70. The number of benzene rings is 2. The van der Waals surface area contributed by atoms with E-state index in [-0.39, 0.29) is 11.8 Å². The number of nitrogens with one attached hydrogen (secondary N) is 1. The lowest BCUT2D eigenvalue weighted by molar-refractivity contribution is -0.120. The molecule has 26 heavy (non-hydrogen) atoms. The fraction of sp³-hybridized carbons (Fsp3) is 0.375. The first-order valence-corrected chi connectivity index (χ1v) is 9.83. The molecule has 2 aromatic rings. The fourth-order valence-electron chi connectivity index (χ4n) is 3.08. The summed E-state index contributed by atoms with van der Waals surface area (Å²) in [4.78, 5) is 12.2. The van der Waals surface area contributed by atoms with Gasteiger partial charge in [-0.3, -0.25) is 4.79 Å². The Morgan fingerprint density at radius 3 is 2.08 bits per heavy atom. The Morgan fingerprint density at radius 2 is 1.50 bits per heavy atom. The minimum Gasteiger partial charge on any atom is -0.355 e. The second kappa shape index (κ2) is 12.1. The summed E-state index contributed by atoms with van der Waals surface area (Å²) in [7, 11) is 0. The van der Waals surface area contributed by atoms with Crippen molar-refractivity contribution >= 4 is 5.91 Å². The first-order chi connectivity index (χ1) is 12.8. The molecule has 0 heterocycles. The van der Waals surface area contributed by atoms with Gasteiger partial charge in [0.25, 0.3) is 0 Å². The van der Waals surface area contributed by atoms with Gasteiger partial charge in [0.1, 0.15) is 0 Å². The SMILES string of the molecule is CCCCCC/C=C/CC(=O)NCC(c1ccccc1)c1ccccc1. The maximum Gasteiger partial charge on any atom is 0.223 e. The van der Waals surface area contributed by atoms with Crippen LogP contribution in [-0.2, 0) is 4.79 Å². The molecule has 0 atom stereocenters. The van der Waals surface area contributed by atoms with Gasteiger partial charge in [-0.15, -0.1) is 0 Å². The van der Waals surface area contributed by atoms with Crippen molar-refractivity contribution in [2.24, 2.45) is 0 Å². The topological polar surface area (TPSA) is 29.1 Å². The summed E-state index contributed by atoms with van der Waals surface area (Å²) < 4.78 is 0. The summed E-state index contributed by atoms with van der Waals surface area (Å²) in [5.74, 6) is 0.269. The van der Waals surface area contributed by atoms with Gasteiger partial charge in [-0.1, -0.05) is 99.0 Å². The lowest BCUT2D eigenvalue weighted by Crippen LogP contribution is -2.28. The molecule has 138 valence electrons. The zero-order valence-corrected chi connectivity index (χ0v) is 15.9. The zero-order chi connectivity index (χ0) is 18.5. The highest BCUT2D eigenvalue weighted by atomic mass is 16.1. The summed E-state index contributed by atoms with van der Waals surface area (Å²) in [5, 5.41) is 3.10. The molecule has 0 saturated carbocycles. The molecule has 0 radical (unpaired) electrons. The molecular weight excluding hydrogens is 318 g/mol. The van der Waals surface area contributed by atoms with E-state index < -0.39 is 0 Å². The highest BCUT2D eigenvalue weighted by molar-refractivity contribution is 5.77. The molecule has 0 aromatic heterocycles. The van der Waals surface area contributed by atoms with E-state index in [1.165, 1.54) is 36.8 Å². The monoisotopic (exact) mass is 349 g/mol. The van der Waals surface area contributed by atoms with E-state index in [4.69, 9.17) is 0 Å². The maximum atomic E-state index is 12.2. The van der Waals surface area contributed by atoms with Crippen molar-refractivity contribution < 1.29 is 4.79 Å². The first-order valence-electron chi connectivity index (χ1n) is 9.83. The normalized spacial score (nSPS) is 11.2. The molecule has 0 aliphatic heterocycles. The van der Waals surface area contributed by atoms with Gasteiger partial charge in [0.15, 0.2) is 0 Å². The van der Waals surface area contributed by atoms with E-state index in [9.17, 15) is 4.79 Å². The van der Waals surface area contributed by atoms with Crippen LogP contribution in [0.5, 0.6) is 0 Å². The Balaban J connectivity index is 1.83. The number of unbranched alkanes of at least 4 members (excludes halogenated alkanes) is 4. The number of hydrogen-bond acceptors (Lipinski definition) is 1. The van der Waals surface area contributed by atoms with E-state index in [1.54, 1.807) is 0 Å². The van der Waals surface area contributed by atoms with Crippen molar-refractivity contribution in [3.63, 3.8) is 0 Å².